The molecule has 0 spiro atoms. The number of hydrogen-bond donors (Lipinski definition) is 2. The Labute approximate surface area is 100 Å². The zero-order valence-electron chi connectivity index (χ0n) is 9.95. The summed E-state index contributed by atoms with van der Waals surface area (Å²) in [6.07, 6.45) is 0.118. The van der Waals surface area contributed by atoms with Crippen molar-refractivity contribution < 1.29 is 14.3 Å². The molecule has 0 saturated carbocycles. The molecule has 5 nitrogen and oxygen atoms in total. The van der Waals surface area contributed by atoms with Crippen molar-refractivity contribution >= 4 is 11.6 Å². The van der Waals surface area contributed by atoms with Crippen molar-refractivity contribution in [1.82, 2.24) is 5.32 Å². The molecule has 0 bridgehead atoms. The first-order chi connectivity index (χ1) is 8.24. The number of hydrogen-bond acceptors (Lipinski definition) is 4. The summed E-state index contributed by atoms with van der Waals surface area (Å²) in [5, 5.41) is 5.61. The monoisotopic (exact) mass is 236 g/mol. The summed E-state index contributed by atoms with van der Waals surface area (Å²) in [5.41, 5.74) is 1.41. The lowest BCUT2D eigenvalue weighted by Gasteiger charge is -2.27. The summed E-state index contributed by atoms with van der Waals surface area (Å²) < 4.78 is 10.8. The Balaban J connectivity index is 2.18. The Bertz CT molecular complexity index is 416. The summed E-state index contributed by atoms with van der Waals surface area (Å²) in [7, 11) is 3.41. The average Bonchev–Trinajstić information content (AvgIpc) is 2.32. The Hall–Kier alpha value is -1.75. The molecule has 1 heterocycles. The summed E-state index contributed by atoms with van der Waals surface area (Å²) in [6, 6.07) is 5.32. The van der Waals surface area contributed by atoms with Gasteiger partial charge in [-0.05, 0) is 18.2 Å². The lowest BCUT2D eigenvalue weighted by atomic mass is 10.1. The topological polar surface area (TPSA) is 59.6 Å². The van der Waals surface area contributed by atoms with E-state index in [1.807, 2.05) is 0 Å². The number of carbonyl (C=O) groups is 1. The minimum atomic E-state index is -0.111. The van der Waals surface area contributed by atoms with Crippen LogP contribution in [-0.2, 0) is 4.74 Å². The van der Waals surface area contributed by atoms with Crippen LogP contribution in [-0.4, -0.2) is 39.3 Å². The highest BCUT2D eigenvalue weighted by molar-refractivity contribution is 5.95. The van der Waals surface area contributed by atoms with E-state index in [0.717, 1.165) is 11.4 Å². The number of rotatable bonds is 4. The standard InChI is InChI=1S/C12H16N2O3/c1-13-10-5-8(12(15)14-2)3-4-11(10)17-9-6-16-7-9/h3-5,9,13H,6-7H2,1-2H3,(H,14,15). The van der Waals surface area contributed by atoms with E-state index in [2.05, 4.69) is 10.6 Å². The van der Waals surface area contributed by atoms with Crippen LogP contribution in [0.1, 0.15) is 10.4 Å². The van der Waals surface area contributed by atoms with Crippen LogP contribution in [0.25, 0.3) is 0 Å². The molecule has 5 heteroatoms. The second-order valence-electron chi connectivity index (χ2n) is 3.82. The number of carbonyl (C=O) groups excluding carboxylic acids is 1. The molecule has 1 amide bonds. The quantitative estimate of drug-likeness (QED) is 0.814. The minimum absolute atomic E-state index is 0.111. The van der Waals surface area contributed by atoms with E-state index in [1.54, 1.807) is 32.3 Å². The molecule has 0 radical (unpaired) electrons. The molecule has 0 aliphatic carbocycles. The molecule has 0 atom stereocenters. The molecule has 1 saturated heterocycles. The Kier molecular flexibility index (Phi) is 3.49. The van der Waals surface area contributed by atoms with Crippen molar-refractivity contribution in [2.45, 2.75) is 6.10 Å². The molecular formula is C12H16N2O3. The van der Waals surface area contributed by atoms with E-state index in [1.165, 1.54) is 0 Å². The van der Waals surface area contributed by atoms with Crippen LogP contribution < -0.4 is 15.4 Å². The van der Waals surface area contributed by atoms with Crippen molar-refractivity contribution in [2.24, 2.45) is 0 Å². The van der Waals surface area contributed by atoms with Crippen molar-refractivity contribution in [2.75, 3.05) is 32.6 Å². The highest BCUT2D eigenvalue weighted by atomic mass is 16.6. The number of amides is 1. The molecule has 1 aromatic carbocycles. The van der Waals surface area contributed by atoms with E-state index < -0.39 is 0 Å². The fourth-order valence-electron chi connectivity index (χ4n) is 1.58. The van der Waals surface area contributed by atoms with Crippen LogP contribution in [0.15, 0.2) is 18.2 Å². The van der Waals surface area contributed by atoms with E-state index in [0.29, 0.717) is 18.8 Å². The molecule has 1 fully saturated rings. The summed E-state index contributed by atoms with van der Waals surface area (Å²) in [5.74, 6) is 0.633. The van der Waals surface area contributed by atoms with E-state index >= 15 is 0 Å². The Morgan fingerprint density at radius 3 is 2.71 bits per heavy atom. The molecule has 0 aromatic heterocycles. The maximum Gasteiger partial charge on any atom is 0.251 e. The molecule has 1 aliphatic rings. The average molecular weight is 236 g/mol. The third kappa shape index (κ3) is 2.50. The maximum absolute atomic E-state index is 11.5. The third-order valence-electron chi connectivity index (χ3n) is 2.64. The SMILES string of the molecule is CNC(=O)c1ccc(OC2COC2)c(NC)c1. The van der Waals surface area contributed by atoms with Crippen LogP contribution >= 0.6 is 0 Å². The van der Waals surface area contributed by atoms with Crippen LogP contribution in [0.4, 0.5) is 5.69 Å². The van der Waals surface area contributed by atoms with Crippen LogP contribution in [0, 0.1) is 0 Å². The van der Waals surface area contributed by atoms with Gasteiger partial charge in [0.05, 0.1) is 18.9 Å². The van der Waals surface area contributed by atoms with Crippen molar-refractivity contribution in [3.63, 3.8) is 0 Å². The first-order valence-electron chi connectivity index (χ1n) is 5.53. The van der Waals surface area contributed by atoms with Gasteiger partial charge in [0.25, 0.3) is 5.91 Å². The smallest absolute Gasteiger partial charge is 0.251 e. The fourth-order valence-corrected chi connectivity index (χ4v) is 1.58. The lowest BCUT2D eigenvalue weighted by Crippen LogP contribution is -2.38. The first-order valence-corrected chi connectivity index (χ1v) is 5.53. The minimum Gasteiger partial charge on any atom is -0.483 e. The molecule has 92 valence electrons. The maximum atomic E-state index is 11.5. The second kappa shape index (κ2) is 5.05. The Morgan fingerprint density at radius 2 is 2.18 bits per heavy atom. The van der Waals surface area contributed by atoms with E-state index in [-0.39, 0.29) is 12.0 Å². The van der Waals surface area contributed by atoms with Crippen molar-refractivity contribution in [3.8, 4) is 5.75 Å². The molecule has 1 aliphatic heterocycles. The van der Waals surface area contributed by atoms with Crippen LogP contribution in [0.5, 0.6) is 5.75 Å². The van der Waals surface area contributed by atoms with Crippen LogP contribution in [0.2, 0.25) is 0 Å². The van der Waals surface area contributed by atoms with Gasteiger partial charge in [0, 0.05) is 19.7 Å². The molecule has 17 heavy (non-hydrogen) atoms. The van der Waals surface area contributed by atoms with Gasteiger partial charge in [-0.15, -0.1) is 0 Å². The Morgan fingerprint density at radius 1 is 1.41 bits per heavy atom. The van der Waals surface area contributed by atoms with Gasteiger partial charge in [-0.3, -0.25) is 4.79 Å². The van der Waals surface area contributed by atoms with Gasteiger partial charge in [-0.1, -0.05) is 0 Å². The molecule has 2 N–H and O–H groups in total. The van der Waals surface area contributed by atoms with Crippen molar-refractivity contribution in [3.05, 3.63) is 23.8 Å². The normalized spacial score (nSPS) is 14.9. The fraction of sp³-hybridized carbons (Fsp3) is 0.417. The zero-order chi connectivity index (χ0) is 12.3. The molecule has 2 rings (SSSR count). The lowest BCUT2D eigenvalue weighted by molar-refractivity contribution is -0.0794. The van der Waals surface area contributed by atoms with Gasteiger partial charge in [0.2, 0.25) is 0 Å². The molecule has 0 unspecified atom stereocenters. The van der Waals surface area contributed by atoms with Gasteiger partial charge >= 0.3 is 0 Å². The summed E-state index contributed by atoms with van der Waals surface area (Å²) in [6.45, 7) is 1.25. The first kappa shape index (κ1) is 11.7. The number of anilines is 1. The number of nitrogens with one attached hydrogen (secondary N) is 2. The highest BCUT2D eigenvalue weighted by Crippen LogP contribution is 2.27. The van der Waals surface area contributed by atoms with Gasteiger partial charge in [-0.25, -0.2) is 0 Å². The number of benzene rings is 1. The van der Waals surface area contributed by atoms with E-state index in [9.17, 15) is 4.79 Å². The predicted octanol–water partition coefficient (Wildman–Crippen LogP) is 0.865. The molecular weight excluding hydrogens is 220 g/mol. The van der Waals surface area contributed by atoms with Gasteiger partial charge in [0.1, 0.15) is 11.9 Å². The van der Waals surface area contributed by atoms with Crippen molar-refractivity contribution in [1.29, 1.82) is 0 Å². The second-order valence-corrected chi connectivity index (χ2v) is 3.82. The summed E-state index contributed by atoms with van der Waals surface area (Å²) in [4.78, 5) is 11.5. The summed E-state index contributed by atoms with van der Waals surface area (Å²) >= 11 is 0. The highest BCUT2D eigenvalue weighted by Gasteiger charge is 2.21. The third-order valence-corrected chi connectivity index (χ3v) is 2.64. The largest absolute Gasteiger partial charge is 0.483 e. The molecule has 1 aromatic rings. The predicted molar refractivity (Wildman–Crippen MR) is 64.6 cm³/mol. The van der Waals surface area contributed by atoms with Crippen LogP contribution in [0.3, 0.4) is 0 Å². The van der Waals surface area contributed by atoms with Gasteiger partial charge in [0.15, 0.2) is 0 Å². The van der Waals surface area contributed by atoms with E-state index in [4.69, 9.17) is 9.47 Å². The zero-order valence-corrected chi connectivity index (χ0v) is 9.95. The van der Waals surface area contributed by atoms with Gasteiger partial charge < -0.3 is 20.1 Å². The van der Waals surface area contributed by atoms with Gasteiger partial charge in [-0.2, -0.15) is 0 Å². The number of ether oxygens (including phenoxy) is 2.